The number of halogens is 2. The van der Waals surface area contributed by atoms with Crippen LogP contribution in [0.2, 0.25) is 10.0 Å². The molecule has 0 aliphatic carbocycles. The van der Waals surface area contributed by atoms with Crippen LogP contribution in [0.25, 0.3) is 0 Å². The average Bonchev–Trinajstić information content (AvgIpc) is 2.78. The molecule has 0 saturated carbocycles. The minimum absolute atomic E-state index is 0.655. The number of rotatable bonds is 5. The summed E-state index contributed by atoms with van der Waals surface area (Å²) in [4.78, 5) is 0. The van der Waals surface area contributed by atoms with E-state index in [9.17, 15) is 0 Å². The molecular weight excluding hydrogens is 269 g/mol. The molecular formula is C13H16Cl2N3+. The molecule has 5 heteroatoms. The third kappa shape index (κ3) is 3.47. The molecule has 1 aromatic carbocycles. The van der Waals surface area contributed by atoms with Gasteiger partial charge in [0, 0.05) is 20.7 Å². The Labute approximate surface area is 117 Å². The molecule has 0 bridgehead atoms. The standard InChI is InChI=1S/C13H16Cl2N3/c1-2-3-6-17-9-16-18(10-17)8-11-4-5-12(14)7-13(11)15/h4-5,7,9-10H,2-3,6,8H2,1H3/q+1. The summed E-state index contributed by atoms with van der Waals surface area (Å²) in [6.07, 6.45) is 6.19. The van der Waals surface area contributed by atoms with E-state index < -0.39 is 0 Å². The Hall–Kier alpha value is -1.06. The first-order valence-corrected chi connectivity index (χ1v) is 6.80. The summed E-state index contributed by atoms with van der Waals surface area (Å²) in [7, 11) is 0. The largest absolute Gasteiger partial charge is 0.265 e. The van der Waals surface area contributed by atoms with E-state index in [1.807, 2.05) is 29.5 Å². The Morgan fingerprint density at radius 1 is 1.33 bits per heavy atom. The lowest BCUT2D eigenvalue weighted by Crippen LogP contribution is -2.30. The van der Waals surface area contributed by atoms with Gasteiger partial charge in [0.1, 0.15) is 6.54 Å². The van der Waals surface area contributed by atoms with Crippen molar-refractivity contribution in [2.24, 2.45) is 0 Å². The summed E-state index contributed by atoms with van der Waals surface area (Å²) >= 11 is 12.0. The van der Waals surface area contributed by atoms with Crippen LogP contribution in [0.3, 0.4) is 0 Å². The van der Waals surface area contributed by atoms with Crippen molar-refractivity contribution < 1.29 is 4.57 Å². The number of aryl methyl sites for hydroxylation is 1. The second-order valence-electron chi connectivity index (χ2n) is 4.27. The number of hydrogen-bond acceptors (Lipinski definition) is 1. The lowest BCUT2D eigenvalue weighted by atomic mass is 10.2. The van der Waals surface area contributed by atoms with E-state index >= 15 is 0 Å². The summed E-state index contributed by atoms with van der Waals surface area (Å²) in [6, 6.07) is 5.53. The Balaban J connectivity index is 2.06. The van der Waals surface area contributed by atoms with Crippen LogP contribution in [-0.2, 0) is 13.1 Å². The van der Waals surface area contributed by atoms with Crippen LogP contribution in [-0.4, -0.2) is 9.78 Å². The van der Waals surface area contributed by atoms with Gasteiger partial charge in [-0.25, -0.2) is 4.57 Å². The predicted molar refractivity (Wildman–Crippen MR) is 72.9 cm³/mol. The van der Waals surface area contributed by atoms with Crippen LogP contribution in [0, 0.1) is 0 Å². The van der Waals surface area contributed by atoms with E-state index in [0.29, 0.717) is 16.6 Å². The highest BCUT2D eigenvalue weighted by molar-refractivity contribution is 6.35. The molecule has 0 atom stereocenters. The van der Waals surface area contributed by atoms with Gasteiger partial charge in [-0.05, 0) is 18.6 Å². The molecule has 0 aliphatic rings. The van der Waals surface area contributed by atoms with Gasteiger partial charge in [-0.3, -0.25) is 0 Å². The zero-order valence-corrected chi connectivity index (χ0v) is 11.8. The number of aromatic nitrogens is 3. The third-order valence-electron chi connectivity index (χ3n) is 2.75. The lowest BCUT2D eigenvalue weighted by molar-refractivity contribution is -0.698. The fourth-order valence-electron chi connectivity index (χ4n) is 1.73. The molecule has 2 rings (SSSR count). The molecule has 96 valence electrons. The first kappa shape index (κ1) is 13.4. The molecule has 1 aromatic heterocycles. The Kier molecular flexibility index (Phi) is 4.61. The topological polar surface area (TPSA) is 21.7 Å². The fourth-order valence-corrected chi connectivity index (χ4v) is 2.19. The van der Waals surface area contributed by atoms with Crippen molar-refractivity contribution in [3.63, 3.8) is 0 Å². The van der Waals surface area contributed by atoms with E-state index in [4.69, 9.17) is 23.2 Å². The van der Waals surface area contributed by atoms with Crippen molar-refractivity contribution in [1.29, 1.82) is 0 Å². The summed E-state index contributed by atoms with van der Waals surface area (Å²) < 4.78 is 3.97. The van der Waals surface area contributed by atoms with Gasteiger partial charge in [0.05, 0.1) is 6.54 Å². The van der Waals surface area contributed by atoms with Gasteiger partial charge >= 0.3 is 0 Å². The number of nitrogens with zero attached hydrogens (tertiary/aromatic N) is 3. The van der Waals surface area contributed by atoms with Gasteiger partial charge in [-0.2, -0.15) is 0 Å². The number of benzene rings is 1. The quantitative estimate of drug-likeness (QED) is 0.772. The van der Waals surface area contributed by atoms with Crippen molar-refractivity contribution in [2.45, 2.75) is 32.9 Å². The molecule has 0 spiro atoms. The Morgan fingerprint density at radius 2 is 2.17 bits per heavy atom. The molecule has 2 aromatic rings. The van der Waals surface area contributed by atoms with Gasteiger partial charge < -0.3 is 0 Å². The van der Waals surface area contributed by atoms with E-state index in [2.05, 4.69) is 16.6 Å². The molecule has 0 fully saturated rings. The summed E-state index contributed by atoms with van der Waals surface area (Å²) in [5, 5.41) is 5.65. The highest BCUT2D eigenvalue weighted by Gasteiger charge is 2.09. The maximum absolute atomic E-state index is 6.14. The fraction of sp³-hybridized carbons (Fsp3) is 0.385. The summed E-state index contributed by atoms with van der Waals surface area (Å²) in [5.74, 6) is 0. The van der Waals surface area contributed by atoms with Crippen LogP contribution >= 0.6 is 23.2 Å². The van der Waals surface area contributed by atoms with Crippen LogP contribution in [0.15, 0.2) is 30.9 Å². The molecule has 0 N–H and O–H groups in total. The van der Waals surface area contributed by atoms with E-state index in [1.54, 1.807) is 6.07 Å². The van der Waals surface area contributed by atoms with E-state index in [-0.39, 0.29) is 0 Å². The van der Waals surface area contributed by atoms with E-state index in [1.165, 1.54) is 6.42 Å². The second kappa shape index (κ2) is 6.21. The zero-order chi connectivity index (χ0) is 13.0. The maximum atomic E-state index is 6.14. The van der Waals surface area contributed by atoms with Crippen LogP contribution < -0.4 is 4.57 Å². The highest BCUT2D eigenvalue weighted by Crippen LogP contribution is 2.21. The average molecular weight is 285 g/mol. The van der Waals surface area contributed by atoms with Crippen molar-refractivity contribution in [2.75, 3.05) is 0 Å². The predicted octanol–water partition coefficient (Wildman–Crippen LogP) is 3.33. The maximum Gasteiger partial charge on any atom is 0.265 e. The molecule has 0 amide bonds. The van der Waals surface area contributed by atoms with Gasteiger partial charge in [-0.1, -0.05) is 42.6 Å². The smallest absolute Gasteiger partial charge is 0.237 e. The van der Waals surface area contributed by atoms with E-state index in [0.717, 1.165) is 18.5 Å². The van der Waals surface area contributed by atoms with Crippen molar-refractivity contribution in [3.05, 3.63) is 46.5 Å². The molecule has 0 saturated heterocycles. The van der Waals surface area contributed by atoms with Crippen molar-refractivity contribution in [1.82, 2.24) is 9.78 Å². The molecule has 0 radical (unpaired) electrons. The molecule has 18 heavy (non-hydrogen) atoms. The monoisotopic (exact) mass is 284 g/mol. The minimum Gasteiger partial charge on any atom is -0.237 e. The third-order valence-corrected chi connectivity index (χ3v) is 3.33. The SMILES string of the molecule is CCCC[n+]1cnn(Cc2ccc(Cl)cc2Cl)c1. The first-order valence-electron chi connectivity index (χ1n) is 6.04. The molecule has 3 nitrogen and oxygen atoms in total. The van der Waals surface area contributed by atoms with Crippen molar-refractivity contribution in [3.8, 4) is 0 Å². The first-order chi connectivity index (χ1) is 8.69. The van der Waals surface area contributed by atoms with Gasteiger partial charge in [-0.15, -0.1) is 4.68 Å². The molecule has 1 heterocycles. The second-order valence-corrected chi connectivity index (χ2v) is 5.11. The number of hydrogen-bond donors (Lipinski definition) is 0. The number of unbranched alkanes of at least 4 members (excludes halogenated alkanes) is 1. The normalized spacial score (nSPS) is 10.8. The Bertz CT molecular complexity index is 523. The van der Waals surface area contributed by atoms with Crippen molar-refractivity contribution >= 4 is 23.2 Å². The summed E-state index contributed by atoms with van der Waals surface area (Å²) in [5.41, 5.74) is 1.02. The zero-order valence-electron chi connectivity index (χ0n) is 10.3. The Morgan fingerprint density at radius 3 is 2.89 bits per heavy atom. The molecule has 0 aliphatic heterocycles. The molecule has 0 unspecified atom stereocenters. The lowest BCUT2D eigenvalue weighted by Gasteiger charge is -2.00. The van der Waals surface area contributed by atoms with Gasteiger partial charge in [0.2, 0.25) is 6.33 Å². The van der Waals surface area contributed by atoms with Crippen LogP contribution in [0.5, 0.6) is 0 Å². The summed E-state index contributed by atoms with van der Waals surface area (Å²) in [6.45, 7) is 3.85. The van der Waals surface area contributed by atoms with Crippen LogP contribution in [0.4, 0.5) is 0 Å². The van der Waals surface area contributed by atoms with Gasteiger partial charge in [0.15, 0.2) is 0 Å². The van der Waals surface area contributed by atoms with Gasteiger partial charge in [0.25, 0.3) is 6.33 Å². The van der Waals surface area contributed by atoms with Crippen LogP contribution in [0.1, 0.15) is 25.3 Å². The highest BCUT2D eigenvalue weighted by atomic mass is 35.5. The minimum atomic E-state index is 0.655.